The van der Waals surface area contributed by atoms with Gasteiger partial charge in [0.2, 0.25) is 0 Å². The molecule has 0 saturated carbocycles. The van der Waals surface area contributed by atoms with Gasteiger partial charge >= 0.3 is 0 Å². The molecule has 3 heterocycles. The molecule has 2 aromatic carbocycles. The Morgan fingerprint density at radius 3 is 2.43 bits per heavy atom. The Bertz CT molecular complexity index is 1460. The number of rotatable bonds is 10. The van der Waals surface area contributed by atoms with Crippen molar-refractivity contribution in [2.24, 2.45) is 0 Å². The van der Waals surface area contributed by atoms with Crippen molar-refractivity contribution in [2.45, 2.75) is 43.6 Å². The van der Waals surface area contributed by atoms with Crippen molar-refractivity contribution < 1.29 is 9.21 Å². The average Bonchev–Trinajstić information content (AvgIpc) is 3.53. The van der Waals surface area contributed by atoms with E-state index in [1.165, 1.54) is 5.56 Å². The Labute approximate surface area is 253 Å². The Balaban J connectivity index is 1.17. The first-order chi connectivity index (χ1) is 20.3. The fourth-order valence-electron chi connectivity index (χ4n) is 4.67. The second-order valence-electron chi connectivity index (χ2n) is 11.5. The summed E-state index contributed by atoms with van der Waals surface area (Å²) >= 11 is 1.63. The maximum Gasteiger partial charge on any atom is 0.251 e. The summed E-state index contributed by atoms with van der Waals surface area (Å²) in [5, 5.41) is 3.67. The van der Waals surface area contributed by atoms with Crippen LogP contribution in [0.15, 0.2) is 94.7 Å². The molecular weight excluding hydrogens is 542 g/mol. The van der Waals surface area contributed by atoms with Crippen LogP contribution in [0.2, 0.25) is 0 Å². The Hall–Kier alpha value is -3.88. The molecule has 42 heavy (non-hydrogen) atoms. The first kappa shape index (κ1) is 29.6. The average molecular weight is 582 g/mol. The number of carbonyl (C=O) groups is 1. The molecule has 0 atom stereocenters. The highest BCUT2D eigenvalue weighted by Crippen LogP contribution is 2.29. The van der Waals surface area contributed by atoms with Gasteiger partial charge in [-0.1, -0.05) is 87.1 Å². The molecule has 1 amide bonds. The maximum atomic E-state index is 12.5. The summed E-state index contributed by atoms with van der Waals surface area (Å²) in [4.78, 5) is 27.3. The number of carbonyl (C=O) groups excluding carboxylic acids is 1. The normalized spacial score (nSPS) is 14.4. The number of piperazine rings is 1. The molecule has 0 spiro atoms. The monoisotopic (exact) mass is 581 g/mol. The van der Waals surface area contributed by atoms with E-state index in [1.54, 1.807) is 18.0 Å². The van der Waals surface area contributed by atoms with E-state index in [0.717, 1.165) is 66.5 Å². The predicted octanol–water partition coefficient (Wildman–Crippen LogP) is 6.42. The van der Waals surface area contributed by atoms with Crippen molar-refractivity contribution in [1.82, 2.24) is 20.2 Å². The number of amides is 1. The molecule has 8 heteroatoms. The number of hydrogen-bond donors (Lipinski definition) is 1. The number of furan rings is 1. The van der Waals surface area contributed by atoms with E-state index in [0.29, 0.717) is 12.1 Å². The van der Waals surface area contributed by atoms with Crippen molar-refractivity contribution in [3.05, 3.63) is 113 Å². The number of thioether (sulfide) groups is 1. The third kappa shape index (κ3) is 8.33. The summed E-state index contributed by atoms with van der Waals surface area (Å²) in [5.74, 6) is 2.33. The van der Waals surface area contributed by atoms with E-state index < -0.39 is 0 Å². The fourth-order valence-corrected chi connectivity index (χ4v) is 5.48. The summed E-state index contributed by atoms with van der Waals surface area (Å²) in [6, 6.07) is 24.0. The SMILES string of the molecule is CC(C)(C)c1cc(N2CCN(C/C=C/c3ccccc3)CC2)nc(SCc2ccc(C(=O)NCc3ccco3)cc2)n1. The molecule has 0 unspecified atom stereocenters. The molecule has 0 radical (unpaired) electrons. The van der Waals surface area contributed by atoms with Crippen LogP contribution in [0.5, 0.6) is 0 Å². The summed E-state index contributed by atoms with van der Waals surface area (Å²) in [5.41, 5.74) is 3.94. The number of nitrogens with one attached hydrogen (secondary N) is 1. The topological polar surface area (TPSA) is 74.5 Å². The molecule has 4 aromatic rings. The molecular formula is C34H39N5O2S. The van der Waals surface area contributed by atoms with Crippen LogP contribution in [-0.2, 0) is 17.7 Å². The second-order valence-corrected chi connectivity index (χ2v) is 12.4. The number of aromatic nitrogens is 2. The molecule has 2 aromatic heterocycles. The van der Waals surface area contributed by atoms with Gasteiger partial charge in [-0.25, -0.2) is 9.97 Å². The summed E-state index contributed by atoms with van der Waals surface area (Å²) < 4.78 is 5.29. The summed E-state index contributed by atoms with van der Waals surface area (Å²) in [7, 11) is 0. The molecule has 0 aliphatic carbocycles. The van der Waals surface area contributed by atoms with Crippen LogP contribution in [-0.4, -0.2) is 53.5 Å². The quantitative estimate of drug-likeness (QED) is 0.171. The van der Waals surface area contributed by atoms with Crippen molar-refractivity contribution in [3.63, 3.8) is 0 Å². The van der Waals surface area contributed by atoms with E-state index in [4.69, 9.17) is 14.4 Å². The minimum Gasteiger partial charge on any atom is -0.467 e. The molecule has 7 nitrogen and oxygen atoms in total. The number of benzene rings is 2. The van der Waals surface area contributed by atoms with Crippen molar-refractivity contribution >= 4 is 29.6 Å². The van der Waals surface area contributed by atoms with Gasteiger partial charge in [-0.3, -0.25) is 9.69 Å². The lowest BCUT2D eigenvalue weighted by Crippen LogP contribution is -2.46. The summed E-state index contributed by atoms with van der Waals surface area (Å²) in [6.07, 6.45) is 6.05. The zero-order valence-electron chi connectivity index (χ0n) is 24.6. The third-order valence-electron chi connectivity index (χ3n) is 7.22. The third-order valence-corrected chi connectivity index (χ3v) is 8.14. The van der Waals surface area contributed by atoms with Crippen LogP contribution >= 0.6 is 11.8 Å². The van der Waals surface area contributed by atoms with Crippen LogP contribution in [0, 0.1) is 0 Å². The van der Waals surface area contributed by atoms with Gasteiger partial charge in [0.05, 0.1) is 18.5 Å². The fraction of sp³-hybridized carbons (Fsp3) is 0.324. The lowest BCUT2D eigenvalue weighted by molar-refractivity contribution is 0.0948. The zero-order chi connectivity index (χ0) is 29.4. The van der Waals surface area contributed by atoms with Crippen LogP contribution in [0.25, 0.3) is 6.08 Å². The van der Waals surface area contributed by atoms with E-state index in [1.807, 2.05) is 42.5 Å². The maximum absolute atomic E-state index is 12.5. The van der Waals surface area contributed by atoms with Crippen molar-refractivity contribution in [1.29, 1.82) is 0 Å². The van der Waals surface area contributed by atoms with Gasteiger partial charge in [0, 0.05) is 55.5 Å². The second kappa shape index (κ2) is 13.9. The van der Waals surface area contributed by atoms with Gasteiger partial charge in [-0.2, -0.15) is 0 Å². The lowest BCUT2D eigenvalue weighted by atomic mass is 9.92. The molecule has 1 aliphatic rings. The highest BCUT2D eigenvalue weighted by molar-refractivity contribution is 7.98. The Morgan fingerprint density at radius 1 is 0.976 bits per heavy atom. The van der Waals surface area contributed by atoms with Gasteiger partial charge in [0.25, 0.3) is 5.91 Å². The van der Waals surface area contributed by atoms with Gasteiger partial charge in [-0.15, -0.1) is 0 Å². The number of anilines is 1. The minimum atomic E-state index is -0.122. The van der Waals surface area contributed by atoms with Gasteiger partial charge < -0.3 is 14.6 Å². The van der Waals surface area contributed by atoms with E-state index in [-0.39, 0.29) is 11.3 Å². The smallest absolute Gasteiger partial charge is 0.251 e. The highest BCUT2D eigenvalue weighted by atomic mass is 32.2. The van der Waals surface area contributed by atoms with Crippen molar-refractivity contribution in [2.75, 3.05) is 37.6 Å². The predicted molar refractivity (Wildman–Crippen MR) is 171 cm³/mol. The highest BCUT2D eigenvalue weighted by Gasteiger charge is 2.23. The van der Waals surface area contributed by atoms with Crippen LogP contribution in [0.4, 0.5) is 5.82 Å². The first-order valence-electron chi connectivity index (χ1n) is 14.4. The van der Waals surface area contributed by atoms with Gasteiger partial charge in [0.1, 0.15) is 11.6 Å². The van der Waals surface area contributed by atoms with E-state index in [9.17, 15) is 4.79 Å². The van der Waals surface area contributed by atoms with E-state index >= 15 is 0 Å². The molecule has 1 saturated heterocycles. The molecule has 218 valence electrons. The number of hydrogen-bond acceptors (Lipinski definition) is 7. The number of nitrogens with zero attached hydrogens (tertiary/aromatic N) is 4. The first-order valence-corrected chi connectivity index (χ1v) is 15.4. The Kier molecular flexibility index (Phi) is 9.77. The van der Waals surface area contributed by atoms with Crippen LogP contribution < -0.4 is 10.2 Å². The van der Waals surface area contributed by atoms with E-state index in [2.05, 4.69) is 78.4 Å². The van der Waals surface area contributed by atoms with Crippen molar-refractivity contribution in [3.8, 4) is 0 Å². The molecule has 1 N–H and O–H groups in total. The van der Waals surface area contributed by atoms with Gasteiger partial charge in [0.15, 0.2) is 5.16 Å². The molecule has 0 bridgehead atoms. The molecule has 1 aliphatic heterocycles. The zero-order valence-corrected chi connectivity index (χ0v) is 25.4. The molecule has 1 fully saturated rings. The van der Waals surface area contributed by atoms with Gasteiger partial charge in [-0.05, 0) is 35.4 Å². The molecule has 5 rings (SSSR count). The van der Waals surface area contributed by atoms with Crippen LogP contribution in [0.3, 0.4) is 0 Å². The standard InChI is InChI=1S/C34H39N5O2S/c1-34(2,3)30-23-31(39-20-18-38(19-21-39)17-7-11-26-9-5-4-6-10-26)37-33(36-30)42-25-27-13-15-28(16-14-27)32(40)35-24-29-12-8-22-41-29/h4-16,22-23H,17-21,24-25H2,1-3H3,(H,35,40)/b11-7+. The summed E-state index contributed by atoms with van der Waals surface area (Å²) in [6.45, 7) is 11.8. The largest absolute Gasteiger partial charge is 0.467 e. The minimum absolute atomic E-state index is 0.0816. The Morgan fingerprint density at radius 2 is 1.74 bits per heavy atom. The van der Waals surface area contributed by atoms with Crippen LogP contribution in [0.1, 0.15) is 53.7 Å². The lowest BCUT2D eigenvalue weighted by Gasteiger charge is -2.35.